The number of anilines is 2. The van der Waals surface area contributed by atoms with Crippen molar-refractivity contribution in [3.63, 3.8) is 0 Å². The summed E-state index contributed by atoms with van der Waals surface area (Å²) < 4.78 is 0. The van der Waals surface area contributed by atoms with Crippen molar-refractivity contribution >= 4 is 44.7 Å². The maximum atomic E-state index is 9.45. The Morgan fingerprint density at radius 2 is 1.72 bits per heavy atom. The van der Waals surface area contributed by atoms with E-state index in [2.05, 4.69) is 22.2 Å². The lowest BCUT2D eigenvalue weighted by molar-refractivity contribution is 0.475. The highest BCUT2D eigenvalue weighted by Gasteiger charge is 2.16. The molecule has 4 aromatic rings. The molecule has 2 N–H and O–H groups in total. The van der Waals surface area contributed by atoms with Crippen molar-refractivity contribution in [1.29, 1.82) is 0 Å². The molecule has 0 saturated heterocycles. The van der Waals surface area contributed by atoms with Gasteiger partial charge in [-0.15, -0.1) is 11.3 Å². The number of nitrogens with one attached hydrogen (secondary N) is 1. The second-order valence-corrected chi connectivity index (χ2v) is 7.25. The fraction of sp³-hybridized carbons (Fsp3) is 0.0526. The number of aromatic hydroxyl groups is 1. The Hall–Kier alpha value is -2.63. The Morgan fingerprint density at radius 3 is 2.44 bits per heavy atom. The van der Waals surface area contributed by atoms with E-state index >= 15 is 0 Å². The van der Waals surface area contributed by atoms with E-state index in [1.54, 1.807) is 29.8 Å². The average molecular weight is 368 g/mol. The summed E-state index contributed by atoms with van der Waals surface area (Å²) in [5.74, 6) is 0.969. The highest BCUT2D eigenvalue weighted by molar-refractivity contribution is 7.19. The molecule has 0 unspecified atom stereocenters. The van der Waals surface area contributed by atoms with Crippen molar-refractivity contribution in [2.24, 2.45) is 0 Å². The zero-order valence-corrected chi connectivity index (χ0v) is 14.9. The predicted molar refractivity (Wildman–Crippen MR) is 104 cm³/mol. The number of thiophene rings is 1. The van der Waals surface area contributed by atoms with Crippen LogP contribution in [0.5, 0.6) is 5.75 Å². The van der Waals surface area contributed by atoms with E-state index < -0.39 is 0 Å². The van der Waals surface area contributed by atoms with Crippen LogP contribution in [-0.2, 0) is 0 Å². The lowest BCUT2D eigenvalue weighted by atomic mass is 10.0. The van der Waals surface area contributed by atoms with E-state index in [1.165, 1.54) is 4.88 Å². The Labute approximate surface area is 153 Å². The van der Waals surface area contributed by atoms with E-state index in [-0.39, 0.29) is 5.75 Å². The molecule has 0 aliphatic rings. The van der Waals surface area contributed by atoms with Gasteiger partial charge in [-0.3, -0.25) is 0 Å². The first-order chi connectivity index (χ1) is 12.1. The second-order valence-electron chi connectivity index (χ2n) is 5.61. The van der Waals surface area contributed by atoms with Crippen molar-refractivity contribution in [3.8, 4) is 16.9 Å². The van der Waals surface area contributed by atoms with Gasteiger partial charge in [-0.05, 0) is 48.9 Å². The monoisotopic (exact) mass is 367 g/mol. The van der Waals surface area contributed by atoms with Crippen LogP contribution in [0.2, 0.25) is 5.02 Å². The number of aromatic nitrogens is 2. The quantitative estimate of drug-likeness (QED) is 0.451. The Kier molecular flexibility index (Phi) is 4.03. The molecule has 4 rings (SSSR count). The third-order valence-corrected chi connectivity index (χ3v) is 5.19. The van der Waals surface area contributed by atoms with Gasteiger partial charge in [0.05, 0.1) is 5.39 Å². The molecule has 0 aliphatic carbocycles. The smallest absolute Gasteiger partial charge is 0.143 e. The maximum absolute atomic E-state index is 9.45. The summed E-state index contributed by atoms with van der Waals surface area (Å²) in [7, 11) is 0. The molecule has 0 spiro atoms. The summed E-state index contributed by atoms with van der Waals surface area (Å²) in [4.78, 5) is 11.0. The molecule has 6 heteroatoms. The fourth-order valence-corrected chi connectivity index (χ4v) is 3.92. The molecule has 0 bridgehead atoms. The molecule has 2 heterocycles. The number of fused-ring (bicyclic) bond motifs is 1. The lowest BCUT2D eigenvalue weighted by Gasteiger charge is -2.09. The van der Waals surface area contributed by atoms with Crippen LogP contribution in [0.3, 0.4) is 0 Å². The van der Waals surface area contributed by atoms with Gasteiger partial charge in [0.2, 0.25) is 0 Å². The number of hydrogen-bond donors (Lipinski definition) is 2. The van der Waals surface area contributed by atoms with Crippen LogP contribution >= 0.6 is 22.9 Å². The zero-order chi connectivity index (χ0) is 17.4. The molecule has 0 atom stereocenters. The number of benzene rings is 2. The fourth-order valence-electron chi connectivity index (χ4n) is 2.78. The Balaban J connectivity index is 1.87. The molecule has 0 radical (unpaired) electrons. The first-order valence-electron chi connectivity index (χ1n) is 7.68. The molecular weight excluding hydrogens is 354 g/mol. The molecule has 2 aromatic carbocycles. The zero-order valence-electron chi connectivity index (χ0n) is 13.3. The normalized spacial score (nSPS) is 11.0. The summed E-state index contributed by atoms with van der Waals surface area (Å²) >= 11 is 7.67. The number of aryl methyl sites for hydroxylation is 1. The van der Waals surface area contributed by atoms with Crippen LogP contribution in [0.1, 0.15) is 4.88 Å². The van der Waals surface area contributed by atoms with E-state index in [0.717, 1.165) is 32.8 Å². The van der Waals surface area contributed by atoms with E-state index in [0.29, 0.717) is 5.02 Å². The van der Waals surface area contributed by atoms with Crippen LogP contribution < -0.4 is 5.32 Å². The standard InChI is InChI=1S/C19H14ClN3OS/c1-11-16(12-2-4-13(20)5-3-12)17-18(21-10-22-19(17)25-11)23-14-6-8-15(24)9-7-14/h2-10,24H,1H3,(H,21,22,23). The number of phenolic OH excluding ortho intramolecular Hbond substituents is 1. The van der Waals surface area contributed by atoms with Gasteiger partial charge in [0.25, 0.3) is 0 Å². The topological polar surface area (TPSA) is 58.0 Å². The largest absolute Gasteiger partial charge is 0.508 e. The molecule has 0 aliphatic heterocycles. The molecular formula is C19H14ClN3OS. The highest BCUT2D eigenvalue weighted by Crippen LogP contribution is 2.41. The average Bonchev–Trinajstić information content (AvgIpc) is 2.95. The molecule has 4 nitrogen and oxygen atoms in total. The molecule has 0 saturated carbocycles. The van der Waals surface area contributed by atoms with Gasteiger partial charge in [-0.1, -0.05) is 23.7 Å². The van der Waals surface area contributed by atoms with E-state index in [1.807, 2.05) is 36.4 Å². The van der Waals surface area contributed by atoms with Gasteiger partial charge in [-0.25, -0.2) is 9.97 Å². The number of hydrogen-bond acceptors (Lipinski definition) is 5. The van der Waals surface area contributed by atoms with E-state index in [9.17, 15) is 5.11 Å². The minimum atomic E-state index is 0.228. The summed E-state index contributed by atoms with van der Waals surface area (Å²) in [5, 5.41) is 14.5. The van der Waals surface area contributed by atoms with Crippen molar-refractivity contribution in [2.75, 3.05) is 5.32 Å². The van der Waals surface area contributed by atoms with Crippen LogP contribution in [-0.4, -0.2) is 15.1 Å². The van der Waals surface area contributed by atoms with Gasteiger partial charge < -0.3 is 10.4 Å². The maximum Gasteiger partial charge on any atom is 0.143 e. The van der Waals surface area contributed by atoms with Crippen LogP contribution in [0.15, 0.2) is 54.9 Å². The third kappa shape index (κ3) is 3.04. The van der Waals surface area contributed by atoms with Crippen molar-refractivity contribution in [1.82, 2.24) is 9.97 Å². The first kappa shape index (κ1) is 15.9. The summed E-state index contributed by atoms with van der Waals surface area (Å²) in [6, 6.07) is 14.7. The van der Waals surface area contributed by atoms with Gasteiger partial charge in [-0.2, -0.15) is 0 Å². The second kappa shape index (κ2) is 6.35. The molecule has 0 amide bonds. The summed E-state index contributed by atoms with van der Waals surface area (Å²) in [6.07, 6.45) is 1.56. The molecule has 124 valence electrons. The van der Waals surface area contributed by atoms with Crippen LogP contribution in [0.25, 0.3) is 21.3 Å². The van der Waals surface area contributed by atoms with Gasteiger partial charge in [0.1, 0.15) is 22.7 Å². The van der Waals surface area contributed by atoms with Crippen LogP contribution in [0, 0.1) is 6.92 Å². The minimum absolute atomic E-state index is 0.228. The van der Waals surface area contributed by atoms with Gasteiger partial charge in [0, 0.05) is 21.2 Å². The van der Waals surface area contributed by atoms with Crippen LogP contribution in [0.4, 0.5) is 11.5 Å². The number of nitrogens with zero attached hydrogens (tertiary/aromatic N) is 2. The number of rotatable bonds is 3. The van der Waals surface area contributed by atoms with E-state index in [4.69, 9.17) is 11.6 Å². The number of phenols is 1. The summed E-state index contributed by atoms with van der Waals surface area (Å²) in [6.45, 7) is 2.08. The molecule has 0 fully saturated rings. The predicted octanol–water partition coefficient (Wildman–Crippen LogP) is 5.77. The molecule has 2 aromatic heterocycles. The van der Waals surface area contributed by atoms with Crippen molar-refractivity contribution in [3.05, 3.63) is 64.8 Å². The first-order valence-corrected chi connectivity index (χ1v) is 8.87. The number of halogens is 1. The Morgan fingerprint density at radius 1 is 1.00 bits per heavy atom. The minimum Gasteiger partial charge on any atom is -0.508 e. The van der Waals surface area contributed by atoms with Gasteiger partial charge in [0.15, 0.2) is 0 Å². The van der Waals surface area contributed by atoms with Crippen molar-refractivity contribution in [2.45, 2.75) is 6.92 Å². The lowest BCUT2D eigenvalue weighted by Crippen LogP contribution is -1.95. The molecule has 25 heavy (non-hydrogen) atoms. The third-order valence-electron chi connectivity index (χ3n) is 3.93. The Bertz CT molecular complexity index is 1040. The SMILES string of the molecule is Cc1sc2ncnc(Nc3ccc(O)cc3)c2c1-c1ccc(Cl)cc1. The summed E-state index contributed by atoms with van der Waals surface area (Å²) in [5.41, 5.74) is 3.04. The van der Waals surface area contributed by atoms with Gasteiger partial charge >= 0.3 is 0 Å². The highest BCUT2D eigenvalue weighted by atomic mass is 35.5. The van der Waals surface area contributed by atoms with Crippen molar-refractivity contribution < 1.29 is 5.11 Å².